The third kappa shape index (κ3) is 2.53. The molecule has 0 fully saturated rings. The zero-order chi connectivity index (χ0) is 22.2. The number of fused-ring (bicyclic) bond motifs is 9. The lowest BCUT2D eigenvalue weighted by Crippen LogP contribution is -1.86. The van der Waals surface area contributed by atoms with Gasteiger partial charge in [0.1, 0.15) is 0 Å². The van der Waals surface area contributed by atoms with Crippen LogP contribution in [0.3, 0.4) is 0 Å². The van der Waals surface area contributed by atoms with Gasteiger partial charge in [-0.1, -0.05) is 72.8 Å². The molecule has 6 aromatic carbocycles. The van der Waals surface area contributed by atoms with Crippen molar-refractivity contribution in [1.29, 1.82) is 0 Å². The maximum Gasteiger partial charge on any atom is 0.0362 e. The molecule has 0 amide bonds. The third-order valence-electron chi connectivity index (χ3n) is 7.11. The lowest BCUT2D eigenvalue weighted by Gasteiger charge is -2.14. The summed E-state index contributed by atoms with van der Waals surface area (Å²) in [5, 5.41) is 14.3. The van der Waals surface area contributed by atoms with E-state index in [4.69, 9.17) is 0 Å². The van der Waals surface area contributed by atoms with Gasteiger partial charge in [-0.25, -0.2) is 0 Å². The highest BCUT2D eigenvalue weighted by Crippen LogP contribution is 2.45. The van der Waals surface area contributed by atoms with E-state index >= 15 is 0 Å². The predicted octanol–water partition coefficient (Wildman–Crippen LogP) is 10.4. The fraction of sp³-hybridized carbons (Fsp3) is 0. The molecule has 2 heteroatoms. The Hall–Kier alpha value is -3.72. The minimum Gasteiger partial charge on any atom is -0.143 e. The Balaban J connectivity index is 1.61. The third-order valence-corrected chi connectivity index (χ3v) is 9.21. The van der Waals surface area contributed by atoms with Gasteiger partial charge in [-0.3, -0.25) is 0 Å². The van der Waals surface area contributed by atoms with Crippen LogP contribution >= 0.6 is 22.7 Å². The SMILES string of the molecule is c1ccc2c(c1)ccc1c(-c3csc4ccccc34)cc3cc4c(cc3c12)sc1ccccc14. The molecular formula is C32H18S2. The van der Waals surface area contributed by atoms with Crippen molar-refractivity contribution < 1.29 is 0 Å². The van der Waals surface area contributed by atoms with Gasteiger partial charge in [-0.15, -0.1) is 22.7 Å². The highest BCUT2D eigenvalue weighted by molar-refractivity contribution is 7.25. The Morgan fingerprint density at radius 1 is 0.412 bits per heavy atom. The number of thiophene rings is 2. The van der Waals surface area contributed by atoms with E-state index in [0.717, 1.165) is 0 Å². The number of hydrogen-bond donors (Lipinski definition) is 0. The van der Waals surface area contributed by atoms with Crippen LogP contribution in [0.1, 0.15) is 0 Å². The zero-order valence-electron chi connectivity index (χ0n) is 18.2. The van der Waals surface area contributed by atoms with Crippen molar-refractivity contribution in [2.24, 2.45) is 0 Å². The molecule has 0 aliphatic carbocycles. The maximum absolute atomic E-state index is 2.43. The molecule has 0 saturated heterocycles. The molecule has 34 heavy (non-hydrogen) atoms. The summed E-state index contributed by atoms with van der Waals surface area (Å²) in [7, 11) is 0. The van der Waals surface area contributed by atoms with Crippen LogP contribution < -0.4 is 0 Å². The van der Waals surface area contributed by atoms with Crippen LogP contribution in [0.2, 0.25) is 0 Å². The van der Waals surface area contributed by atoms with Crippen molar-refractivity contribution in [3.05, 3.63) is 109 Å². The molecule has 158 valence electrons. The van der Waals surface area contributed by atoms with E-state index in [1.54, 1.807) is 0 Å². The monoisotopic (exact) mass is 466 g/mol. The average molecular weight is 467 g/mol. The van der Waals surface area contributed by atoms with Crippen molar-refractivity contribution in [3.8, 4) is 11.1 Å². The second-order valence-electron chi connectivity index (χ2n) is 8.95. The van der Waals surface area contributed by atoms with Crippen LogP contribution in [-0.2, 0) is 0 Å². The molecule has 2 heterocycles. The molecule has 8 rings (SSSR count). The van der Waals surface area contributed by atoms with Crippen molar-refractivity contribution in [2.45, 2.75) is 0 Å². The Morgan fingerprint density at radius 2 is 1.18 bits per heavy atom. The summed E-state index contributed by atoms with van der Waals surface area (Å²) in [4.78, 5) is 0. The van der Waals surface area contributed by atoms with Crippen LogP contribution in [0.4, 0.5) is 0 Å². The molecule has 0 atom stereocenters. The van der Waals surface area contributed by atoms with Gasteiger partial charge in [-0.2, -0.15) is 0 Å². The lowest BCUT2D eigenvalue weighted by molar-refractivity contribution is 1.77. The highest BCUT2D eigenvalue weighted by atomic mass is 32.1. The Labute approximate surface area is 204 Å². The summed E-state index contributed by atoms with van der Waals surface area (Å²) in [6, 6.07) is 38.2. The van der Waals surface area contributed by atoms with Gasteiger partial charge in [0.15, 0.2) is 0 Å². The normalized spacial score (nSPS) is 12.1. The van der Waals surface area contributed by atoms with Gasteiger partial charge in [0.25, 0.3) is 0 Å². The standard InChI is InChI=1S/C32H18S2/c1-2-8-21-19(7-1)13-14-24-26(28-18-33-29-11-5-3-10-23(28)29)15-20-16-27-22-9-4-6-12-30(22)34-31(27)17-25(20)32(21)24/h1-18H. The van der Waals surface area contributed by atoms with E-state index in [-0.39, 0.29) is 0 Å². The quantitative estimate of drug-likeness (QED) is 0.211. The van der Waals surface area contributed by atoms with Crippen LogP contribution in [0.15, 0.2) is 109 Å². The Kier molecular flexibility index (Phi) is 3.79. The lowest BCUT2D eigenvalue weighted by atomic mass is 9.89. The van der Waals surface area contributed by atoms with Crippen LogP contribution in [-0.4, -0.2) is 0 Å². The van der Waals surface area contributed by atoms with E-state index < -0.39 is 0 Å². The molecule has 0 N–H and O–H groups in total. The molecule has 0 aliphatic heterocycles. The van der Waals surface area contributed by atoms with Gasteiger partial charge in [0.2, 0.25) is 0 Å². The Morgan fingerprint density at radius 3 is 2.09 bits per heavy atom. The van der Waals surface area contributed by atoms with Crippen LogP contribution in [0.5, 0.6) is 0 Å². The summed E-state index contributed by atoms with van der Waals surface area (Å²) in [5.41, 5.74) is 2.66. The maximum atomic E-state index is 2.43. The highest BCUT2D eigenvalue weighted by Gasteiger charge is 2.16. The number of rotatable bonds is 1. The second kappa shape index (κ2) is 6.89. The largest absolute Gasteiger partial charge is 0.143 e. The fourth-order valence-electron chi connectivity index (χ4n) is 5.55. The minimum atomic E-state index is 1.29. The number of hydrogen-bond acceptors (Lipinski definition) is 2. The van der Waals surface area contributed by atoms with Gasteiger partial charge in [0.05, 0.1) is 0 Å². The molecular weight excluding hydrogens is 448 g/mol. The zero-order valence-corrected chi connectivity index (χ0v) is 19.8. The predicted molar refractivity (Wildman–Crippen MR) is 153 cm³/mol. The van der Waals surface area contributed by atoms with Gasteiger partial charge in [-0.05, 0) is 73.6 Å². The molecule has 0 nitrogen and oxygen atoms in total. The van der Waals surface area contributed by atoms with E-state index in [1.807, 2.05) is 22.7 Å². The summed E-state index contributed by atoms with van der Waals surface area (Å²) < 4.78 is 4.05. The molecule has 2 aromatic heterocycles. The summed E-state index contributed by atoms with van der Waals surface area (Å²) in [6.45, 7) is 0. The first-order chi connectivity index (χ1) is 16.8. The molecule has 0 aliphatic rings. The second-order valence-corrected chi connectivity index (χ2v) is 10.9. The van der Waals surface area contributed by atoms with Crippen LogP contribution in [0, 0.1) is 0 Å². The van der Waals surface area contributed by atoms with Crippen LogP contribution in [0.25, 0.3) is 73.7 Å². The van der Waals surface area contributed by atoms with Crippen molar-refractivity contribution in [2.75, 3.05) is 0 Å². The molecule has 0 bridgehead atoms. The summed E-state index contributed by atoms with van der Waals surface area (Å²) in [5.74, 6) is 0. The summed E-state index contributed by atoms with van der Waals surface area (Å²) >= 11 is 3.73. The molecule has 0 unspecified atom stereocenters. The van der Waals surface area contributed by atoms with Gasteiger partial charge < -0.3 is 0 Å². The topological polar surface area (TPSA) is 0 Å². The first kappa shape index (κ1) is 18.7. The fourth-order valence-corrected chi connectivity index (χ4v) is 7.64. The Bertz CT molecular complexity index is 2070. The molecule has 0 spiro atoms. The van der Waals surface area contributed by atoms with E-state index in [2.05, 4.69) is 109 Å². The van der Waals surface area contributed by atoms with Gasteiger partial charge in [0, 0.05) is 35.8 Å². The molecule has 0 radical (unpaired) electrons. The summed E-state index contributed by atoms with van der Waals surface area (Å²) in [6.07, 6.45) is 0. The van der Waals surface area contributed by atoms with Gasteiger partial charge >= 0.3 is 0 Å². The van der Waals surface area contributed by atoms with Crippen molar-refractivity contribution in [3.63, 3.8) is 0 Å². The smallest absolute Gasteiger partial charge is 0.0362 e. The van der Waals surface area contributed by atoms with Crippen molar-refractivity contribution >= 4 is 85.2 Å². The van der Waals surface area contributed by atoms with E-state index in [9.17, 15) is 0 Å². The molecule has 8 aromatic rings. The average Bonchev–Trinajstić information content (AvgIpc) is 3.48. The minimum absolute atomic E-state index is 1.29. The first-order valence-corrected chi connectivity index (χ1v) is 13.2. The van der Waals surface area contributed by atoms with E-state index in [1.165, 1.54) is 73.7 Å². The molecule has 0 saturated carbocycles. The van der Waals surface area contributed by atoms with Crippen molar-refractivity contribution in [1.82, 2.24) is 0 Å². The number of benzene rings is 6. The first-order valence-electron chi connectivity index (χ1n) is 11.5. The van der Waals surface area contributed by atoms with E-state index in [0.29, 0.717) is 0 Å².